The van der Waals surface area contributed by atoms with Crippen LogP contribution in [0.1, 0.15) is 42.6 Å². The Hall–Kier alpha value is -2.54. The summed E-state index contributed by atoms with van der Waals surface area (Å²) in [7, 11) is -2.26. The summed E-state index contributed by atoms with van der Waals surface area (Å²) in [6.45, 7) is 5.79. The minimum atomic E-state index is -3.77. The Morgan fingerprint density at radius 3 is 2.41 bits per heavy atom. The van der Waals surface area contributed by atoms with Gasteiger partial charge in [0, 0.05) is 11.6 Å². The van der Waals surface area contributed by atoms with Gasteiger partial charge in [0.1, 0.15) is 5.75 Å². The Morgan fingerprint density at radius 2 is 1.81 bits per heavy atom. The number of aryl methyl sites for hydroxylation is 1. The summed E-state index contributed by atoms with van der Waals surface area (Å²) >= 11 is 0. The summed E-state index contributed by atoms with van der Waals surface area (Å²) in [6, 6.07) is 11.1. The van der Waals surface area contributed by atoms with Crippen LogP contribution in [0.2, 0.25) is 0 Å². The van der Waals surface area contributed by atoms with Crippen molar-refractivity contribution in [2.24, 2.45) is 0 Å². The third kappa shape index (κ3) is 5.47. The van der Waals surface area contributed by atoms with Crippen molar-refractivity contribution in [3.05, 3.63) is 53.6 Å². The topological polar surface area (TPSA) is 84.5 Å². The number of nitrogens with one attached hydrogen (secondary N) is 2. The molecule has 6 nitrogen and oxygen atoms in total. The summed E-state index contributed by atoms with van der Waals surface area (Å²) in [6.07, 6.45) is 1.86. The SMILES string of the molecule is CCCC(C)NC(=O)c1ccc(C)c(NS(=O)(=O)c2ccc(OC)cc2)c1. The van der Waals surface area contributed by atoms with Gasteiger partial charge in [0.2, 0.25) is 0 Å². The molecule has 0 heterocycles. The van der Waals surface area contributed by atoms with Crippen molar-refractivity contribution in [1.82, 2.24) is 5.32 Å². The lowest BCUT2D eigenvalue weighted by Crippen LogP contribution is -2.32. The molecule has 0 saturated carbocycles. The summed E-state index contributed by atoms with van der Waals surface area (Å²) in [5, 5.41) is 2.92. The van der Waals surface area contributed by atoms with Crippen LogP contribution >= 0.6 is 0 Å². The van der Waals surface area contributed by atoms with Crippen molar-refractivity contribution in [3.8, 4) is 5.75 Å². The lowest BCUT2D eigenvalue weighted by atomic mass is 10.1. The molecule has 0 aliphatic heterocycles. The first-order valence-corrected chi connectivity index (χ1v) is 10.3. The lowest BCUT2D eigenvalue weighted by Gasteiger charge is -2.15. The number of ether oxygens (including phenoxy) is 1. The first-order chi connectivity index (χ1) is 12.8. The Labute approximate surface area is 161 Å². The van der Waals surface area contributed by atoms with Crippen LogP contribution in [0.5, 0.6) is 5.75 Å². The predicted molar refractivity (Wildman–Crippen MR) is 107 cm³/mol. The highest BCUT2D eigenvalue weighted by Gasteiger charge is 2.17. The van der Waals surface area contributed by atoms with E-state index in [0.29, 0.717) is 17.0 Å². The maximum Gasteiger partial charge on any atom is 0.261 e. The fourth-order valence-corrected chi connectivity index (χ4v) is 3.77. The zero-order valence-corrected chi connectivity index (χ0v) is 16.9. The van der Waals surface area contributed by atoms with Gasteiger partial charge in [-0.25, -0.2) is 8.42 Å². The molecule has 146 valence electrons. The minimum absolute atomic E-state index is 0.0586. The van der Waals surface area contributed by atoms with Crippen LogP contribution in [-0.2, 0) is 10.0 Å². The van der Waals surface area contributed by atoms with E-state index < -0.39 is 10.0 Å². The molecule has 7 heteroatoms. The van der Waals surface area contributed by atoms with E-state index in [2.05, 4.69) is 17.0 Å². The van der Waals surface area contributed by atoms with Gasteiger partial charge in [-0.2, -0.15) is 0 Å². The Kier molecular flexibility index (Phi) is 6.85. The highest BCUT2D eigenvalue weighted by atomic mass is 32.2. The highest BCUT2D eigenvalue weighted by molar-refractivity contribution is 7.92. The maximum atomic E-state index is 12.6. The number of sulfonamides is 1. The second-order valence-electron chi connectivity index (χ2n) is 6.47. The molecule has 2 rings (SSSR count). The fourth-order valence-electron chi connectivity index (χ4n) is 2.64. The van der Waals surface area contributed by atoms with Gasteiger partial charge in [-0.05, 0) is 62.2 Å². The number of rotatable bonds is 8. The van der Waals surface area contributed by atoms with Crippen LogP contribution in [0.4, 0.5) is 5.69 Å². The molecule has 0 radical (unpaired) electrons. The number of benzene rings is 2. The molecular weight excluding hydrogens is 364 g/mol. The zero-order valence-electron chi connectivity index (χ0n) is 16.1. The van der Waals surface area contributed by atoms with Crippen molar-refractivity contribution in [2.75, 3.05) is 11.8 Å². The van der Waals surface area contributed by atoms with E-state index in [1.165, 1.54) is 19.2 Å². The molecule has 0 saturated heterocycles. The summed E-state index contributed by atoms with van der Waals surface area (Å²) in [5.41, 5.74) is 1.52. The molecule has 27 heavy (non-hydrogen) atoms. The van der Waals surface area contributed by atoms with E-state index in [1.54, 1.807) is 37.3 Å². The first-order valence-electron chi connectivity index (χ1n) is 8.85. The number of hydrogen-bond donors (Lipinski definition) is 2. The van der Waals surface area contributed by atoms with Crippen LogP contribution in [0, 0.1) is 6.92 Å². The first kappa shape index (κ1) is 20.8. The van der Waals surface area contributed by atoms with Crippen LogP contribution in [0.25, 0.3) is 0 Å². The number of amides is 1. The average molecular weight is 391 g/mol. The average Bonchev–Trinajstić information content (AvgIpc) is 2.63. The van der Waals surface area contributed by atoms with Gasteiger partial charge in [-0.1, -0.05) is 19.4 Å². The van der Waals surface area contributed by atoms with Gasteiger partial charge >= 0.3 is 0 Å². The molecule has 0 aliphatic carbocycles. The molecular formula is C20H26N2O4S. The normalized spacial score (nSPS) is 12.3. The van der Waals surface area contributed by atoms with Gasteiger partial charge in [0.05, 0.1) is 17.7 Å². The second-order valence-corrected chi connectivity index (χ2v) is 8.16. The van der Waals surface area contributed by atoms with Crippen LogP contribution in [-0.4, -0.2) is 27.5 Å². The summed E-state index contributed by atoms with van der Waals surface area (Å²) < 4.78 is 32.9. The van der Waals surface area contributed by atoms with Crippen LogP contribution < -0.4 is 14.8 Å². The van der Waals surface area contributed by atoms with Crippen molar-refractivity contribution >= 4 is 21.6 Å². The fraction of sp³-hybridized carbons (Fsp3) is 0.350. The van der Waals surface area contributed by atoms with Gasteiger partial charge in [-0.15, -0.1) is 0 Å². The van der Waals surface area contributed by atoms with E-state index >= 15 is 0 Å². The smallest absolute Gasteiger partial charge is 0.261 e. The Balaban J connectivity index is 2.23. The Morgan fingerprint density at radius 1 is 1.15 bits per heavy atom. The van der Waals surface area contributed by atoms with Crippen LogP contribution in [0.15, 0.2) is 47.4 Å². The second kappa shape index (κ2) is 8.90. The van der Waals surface area contributed by atoms with E-state index in [9.17, 15) is 13.2 Å². The van der Waals surface area contributed by atoms with Gasteiger partial charge in [0.15, 0.2) is 0 Å². The third-order valence-corrected chi connectivity index (χ3v) is 5.59. The summed E-state index contributed by atoms with van der Waals surface area (Å²) in [5.74, 6) is 0.353. The number of hydrogen-bond acceptors (Lipinski definition) is 4. The van der Waals surface area contributed by atoms with Gasteiger partial charge < -0.3 is 10.1 Å². The number of anilines is 1. The molecule has 0 bridgehead atoms. The number of carbonyl (C=O) groups excluding carboxylic acids is 1. The Bertz CT molecular complexity index is 893. The third-order valence-electron chi connectivity index (χ3n) is 4.21. The zero-order chi connectivity index (χ0) is 20.0. The van der Waals surface area contributed by atoms with E-state index in [0.717, 1.165) is 18.4 Å². The molecule has 0 spiro atoms. The van der Waals surface area contributed by atoms with E-state index in [1.807, 2.05) is 6.92 Å². The lowest BCUT2D eigenvalue weighted by molar-refractivity contribution is 0.0938. The van der Waals surface area contributed by atoms with Crippen LogP contribution in [0.3, 0.4) is 0 Å². The summed E-state index contributed by atoms with van der Waals surface area (Å²) in [4.78, 5) is 12.5. The van der Waals surface area contributed by atoms with Gasteiger partial charge in [-0.3, -0.25) is 9.52 Å². The molecule has 1 unspecified atom stereocenters. The monoisotopic (exact) mass is 390 g/mol. The predicted octanol–water partition coefficient (Wildman–Crippen LogP) is 3.72. The highest BCUT2D eigenvalue weighted by Crippen LogP contribution is 2.23. The molecule has 0 fully saturated rings. The quantitative estimate of drug-likeness (QED) is 0.719. The maximum absolute atomic E-state index is 12.6. The van der Waals surface area contributed by atoms with Gasteiger partial charge in [0.25, 0.3) is 15.9 Å². The molecule has 2 aromatic carbocycles. The van der Waals surface area contributed by atoms with E-state index in [-0.39, 0.29) is 16.8 Å². The van der Waals surface area contributed by atoms with E-state index in [4.69, 9.17) is 4.74 Å². The van der Waals surface area contributed by atoms with Crippen molar-refractivity contribution < 1.29 is 17.9 Å². The molecule has 2 aromatic rings. The standard InChI is InChI=1S/C20H26N2O4S/c1-5-6-15(3)21-20(23)16-8-7-14(2)19(13-16)22-27(24,25)18-11-9-17(26-4)10-12-18/h7-13,15,22H,5-6H2,1-4H3,(H,21,23). The van der Waals surface area contributed by atoms with Crippen molar-refractivity contribution in [3.63, 3.8) is 0 Å². The molecule has 1 atom stereocenters. The number of methoxy groups -OCH3 is 1. The molecule has 0 aromatic heterocycles. The van der Waals surface area contributed by atoms with Crippen molar-refractivity contribution in [1.29, 1.82) is 0 Å². The van der Waals surface area contributed by atoms with Crippen molar-refractivity contribution in [2.45, 2.75) is 44.6 Å². The molecule has 2 N–H and O–H groups in total. The largest absolute Gasteiger partial charge is 0.497 e. The minimum Gasteiger partial charge on any atom is -0.497 e. The molecule has 0 aliphatic rings. The number of carbonyl (C=O) groups is 1. The molecule has 1 amide bonds.